The van der Waals surface area contributed by atoms with E-state index in [1.807, 2.05) is 56.0 Å². The Hall–Kier alpha value is -4.19. The van der Waals surface area contributed by atoms with Crippen LogP contribution in [-0.4, -0.2) is 159 Å². The second-order valence-corrected chi connectivity index (χ2v) is 23.1. The van der Waals surface area contributed by atoms with Crippen LogP contribution in [0.5, 0.6) is 0 Å². The van der Waals surface area contributed by atoms with Crippen molar-refractivity contribution >= 4 is 186 Å². The number of nitrogens with zero attached hydrogens (tertiary/aromatic N) is 16. The third-order valence-electron chi connectivity index (χ3n) is 10.1. The van der Waals surface area contributed by atoms with Gasteiger partial charge in [0.25, 0.3) is 0 Å². The van der Waals surface area contributed by atoms with Crippen molar-refractivity contribution in [1.82, 2.24) is 80.2 Å². The number of piperazine rings is 2. The number of rotatable bonds is 14. The number of halogens is 6. The summed E-state index contributed by atoms with van der Waals surface area (Å²) in [6, 6.07) is 7.33. The van der Waals surface area contributed by atoms with E-state index in [4.69, 9.17) is 40.5 Å². The van der Waals surface area contributed by atoms with Gasteiger partial charge in [-0.1, -0.05) is 46.1 Å². The van der Waals surface area contributed by atoms with E-state index >= 15 is 0 Å². The molecule has 0 spiro atoms. The van der Waals surface area contributed by atoms with Gasteiger partial charge in [-0.3, -0.25) is 19.4 Å². The normalized spacial score (nSPS) is 12.9. The molecule has 8 aromatic heterocycles. The molecule has 430 valence electrons. The van der Waals surface area contributed by atoms with Gasteiger partial charge in [0.05, 0.1) is 23.1 Å². The SMILES string of the molecule is BrBr.CC(C)NC(=O)CN1CCN(c2cc(Nc3ncc(Br)s3)ncn2)CC1.CC(C)NC(=O)CN1CCN(c2cc(Nc3nccs3)ncn2)CC1.Clc1cc(Cl)ncn1.Clc1cc(Nc2nccs2)ncn1.Nc1nccs1.[H-].[Na+]. The fraction of sp³-hybridized carbons (Fsp3) is 0.348. The molecule has 35 heteroatoms. The molecule has 0 aliphatic carbocycles. The van der Waals surface area contributed by atoms with E-state index in [-0.39, 0.29) is 54.9 Å². The Bertz CT molecular complexity index is 3000. The van der Waals surface area contributed by atoms with E-state index in [9.17, 15) is 9.59 Å². The largest absolute Gasteiger partial charge is 1.00 e. The van der Waals surface area contributed by atoms with Crippen LogP contribution in [0.3, 0.4) is 0 Å². The van der Waals surface area contributed by atoms with Gasteiger partial charge >= 0.3 is 29.6 Å². The van der Waals surface area contributed by atoms with Crippen LogP contribution in [0.1, 0.15) is 29.1 Å². The summed E-state index contributed by atoms with van der Waals surface area (Å²) in [5.41, 5.74) is 5.19. The van der Waals surface area contributed by atoms with Gasteiger partial charge in [0, 0.05) is 152 Å². The quantitative estimate of drug-likeness (QED) is 0.0469. The average molecular weight is 1450 g/mol. The summed E-state index contributed by atoms with van der Waals surface area (Å²) in [6.07, 6.45) is 12.7. The molecule has 81 heavy (non-hydrogen) atoms. The number of carbonyl (C=O) groups is 2. The summed E-state index contributed by atoms with van der Waals surface area (Å²) in [4.78, 5) is 81.0. The van der Waals surface area contributed by atoms with Gasteiger partial charge in [0.15, 0.2) is 20.5 Å². The predicted molar refractivity (Wildman–Crippen MR) is 336 cm³/mol. The molecule has 24 nitrogen and oxygen atoms in total. The molecule has 8 aromatic rings. The molecule has 2 fully saturated rings. The first-order chi connectivity index (χ1) is 38.6. The fourth-order valence-corrected chi connectivity index (χ4v) is 9.81. The van der Waals surface area contributed by atoms with Gasteiger partial charge in [-0.05, 0) is 43.6 Å². The van der Waals surface area contributed by atoms with Gasteiger partial charge < -0.3 is 43.5 Å². The molecule has 2 aliphatic heterocycles. The minimum atomic E-state index is 0. The van der Waals surface area contributed by atoms with E-state index in [1.54, 1.807) is 43.5 Å². The molecular formula is C46H57Br3Cl3N22NaO2S4. The molecule has 0 radical (unpaired) electrons. The zero-order valence-electron chi connectivity index (χ0n) is 45.3. The van der Waals surface area contributed by atoms with Crippen LogP contribution in [0.2, 0.25) is 15.5 Å². The maximum absolute atomic E-state index is 11.9. The molecule has 2 aliphatic rings. The van der Waals surface area contributed by atoms with Crippen molar-refractivity contribution in [2.24, 2.45) is 0 Å². The molecule has 0 atom stereocenters. The topological polar surface area (TPSA) is 288 Å². The maximum atomic E-state index is 11.9. The van der Waals surface area contributed by atoms with Gasteiger partial charge in [0.1, 0.15) is 69.9 Å². The third kappa shape index (κ3) is 27.8. The van der Waals surface area contributed by atoms with E-state index in [2.05, 4.69) is 150 Å². The Morgan fingerprint density at radius 1 is 0.556 bits per heavy atom. The van der Waals surface area contributed by atoms with Crippen molar-refractivity contribution in [3.63, 3.8) is 0 Å². The number of nitrogens with one attached hydrogen (secondary N) is 5. The van der Waals surface area contributed by atoms with Gasteiger partial charge in [-0.25, -0.2) is 59.8 Å². The summed E-state index contributed by atoms with van der Waals surface area (Å²) >= 11 is 31.4. The van der Waals surface area contributed by atoms with E-state index in [0.717, 1.165) is 94.8 Å². The number of hydrogen-bond donors (Lipinski definition) is 6. The Morgan fingerprint density at radius 3 is 1.28 bits per heavy atom. The number of carbonyl (C=O) groups excluding carboxylic acids is 2. The average Bonchev–Trinajstić information content (AvgIpc) is 4.31. The van der Waals surface area contributed by atoms with Crippen molar-refractivity contribution < 1.29 is 40.6 Å². The molecule has 0 saturated carbocycles. The smallest absolute Gasteiger partial charge is 1.00 e. The first-order valence-corrected chi connectivity index (χ1v) is 33.0. The molecule has 0 bridgehead atoms. The molecule has 0 aromatic carbocycles. The second kappa shape index (κ2) is 38.6. The molecular weight excluding hydrogens is 1390 g/mol. The molecule has 7 N–H and O–H groups in total. The first-order valence-electron chi connectivity index (χ1n) is 23.9. The number of aromatic nitrogens is 12. The van der Waals surface area contributed by atoms with Gasteiger partial charge in [-0.2, -0.15) is 0 Å². The zero-order valence-corrected chi connectivity index (χ0v) is 56.6. The molecule has 2 saturated heterocycles. The summed E-state index contributed by atoms with van der Waals surface area (Å²) in [7, 11) is 0. The Balaban J connectivity index is 0.000000289. The summed E-state index contributed by atoms with van der Waals surface area (Å²) in [6.45, 7) is 15.5. The Kier molecular flexibility index (Phi) is 33.0. The van der Waals surface area contributed by atoms with Crippen molar-refractivity contribution in [2.75, 3.05) is 96.9 Å². The van der Waals surface area contributed by atoms with Crippen LogP contribution in [-0.2, 0) is 9.59 Å². The van der Waals surface area contributed by atoms with Crippen LogP contribution < -0.4 is 71.7 Å². The van der Waals surface area contributed by atoms with Crippen molar-refractivity contribution in [2.45, 2.75) is 39.8 Å². The van der Waals surface area contributed by atoms with Crippen molar-refractivity contribution in [3.8, 4) is 0 Å². The van der Waals surface area contributed by atoms with Gasteiger partial charge in [-0.15, -0.1) is 34.0 Å². The van der Waals surface area contributed by atoms with E-state index in [0.29, 0.717) is 39.5 Å². The van der Waals surface area contributed by atoms with Crippen LogP contribution in [0.25, 0.3) is 0 Å². The van der Waals surface area contributed by atoms with Crippen LogP contribution in [0.4, 0.5) is 49.6 Å². The van der Waals surface area contributed by atoms with Crippen LogP contribution >= 0.6 is 124 Å². The maximum Gasteiger partial charge on any atom is 1.00 e. The number of anilines is 9. The van der Waals surface area contributed by atoms with E-state index < -0.39 is 0 Å². The van der Waals surface area contributed by atoms with Crippen LogP contribution in [0, 0.1) is 0 Å². The fourth-order valence-electron chi connectivity index (χ4n) is 6.75. The number of thiazole rings is 4. The molecule has 0 unspecified atom stereocenters. The molecule has 10 heterocycles. The Morgan fingerprint density at radius 2 is 0.951 bits per heavy atom. The summed E-state index contributed by atoms with van der Waals surface area (Å²) in [5, 5.41) is 25.0. The summed E-state index contributed by atoms with van der Waals surface area (Å²) in [5.74, 6) is 4.03. The molecule has 2 amide bonds. The second-order valence-electron chi connectivity index (χ2n) is 16.8. The number of nitrogen functional groups attached to an aromatic ring is 1. The van der Waals surface area contributed by atoms with E-state index in [1.165, 1.54) is 64.1 Å². The van der Waals surface area contributed by atoms with Crippen LogP contribution in [0.15, 0.2) is 94.3 Å². The summed E-state index contributed by atoms with van der Waals surface area (Å²) < 4.78 is 0.965. The zero-order chi connectivity index (χ0) is 57.7. The monoisotopic (exact) mass is 1440 g/mol. The minimum Gasteiger partial charge on any atom is -1.00 e. The number of hydrogen-bond acceptors (Lipinski definition) is 26. The minimum absolute atomic E-state index is 0. The number of nitrogens with two attached hydrogens (primary N) is 1. The number of amides is 2. The van der Waals surface area contributed by atoms with Crippen molar-refractivity contribution in [1.29, 1.82) is 0 Å². The van der Waals surface area contributed by atoms with Crippen molar-refractivity contribution in [3.05, 3.63) is 110 Å². The Labute approximate surface area is 547 Å². The first kappa shape index (κ1) is 69.3. The third-order valence-corrected chi connectivity index (χ3v) is 14.1. The van der Waals surface area contributed by atoms with Gasteiger partial charge in [0.2, 0.25) is 11.8 Å². The standard InChI is InChI=1S/C16H22BrN7OS.C16H23N7OS.C7H5ClN4S.C4H2Cl2N2.C3H4N2S.Br2.Na.H/c1-11(2)21-15(25)9-23-3-5-24(6-4-23)14-7-13(19-10-20-14)22-16-18-8-12(17)26-16;1-12(2)20-15(24)10-22-4-6-23(7-5-22)14-9-13(18-11-19-14)21-16-17-3-8-25-16;8-5-3-6(11-4-10-5)12-7-9-1-2-13-7;5-3-1-4(6)8-2-7-3;4-3-5-1-2-6-3;1-2;;/h7-8,10-11H,3-6,9H2,1-2H3,(H,21,25)(H,18,19,20,22);3,8-9,11-12H,4-7,10H2,1-2H3,(H,20,24)(H,17,18,19,21);1-4H,(H,9,10,11,12);1-2H;1-2H,(H2,4,5);;;/q;;;;;;+1;-1. The predicted octanol–water partition coefficient (Wildman–Crippen LogP) is 7.06. The molecule has 10 rings (SSSR count).